The zero-order valence-electron chi connectivity index (χ0n) is 17.4. The van der Waals surface area contributed by atoms with E-state index in [0.29, 0.717) is 12.6 Å². The first-order valence-corrected chi connectivity index (χ1v) is 10.7. The fraction of sp³-hybridized carbons (Fsp3) is 0.850. The van der Waals surface area contributed by atoms with Crippen LogP contribution in [0.2, 0.25) is 0 Å². The van der Waals surface area contributed by atoms with Gasteiger partial charge in [-0.2, -0.15) is 5.10 Å². The lowest BCUT2D eigenvalue weighted by Gasteiger charge is -2.30. The Morgan fingerprint density at radius 2 is 2.07 bits per heavy atom. The van der Waals surface area contributed by atoms with Gasteiger partial charge in [-0.1, -0.05) is 19.3 Å². The largest absolute Gasteiger partial charge is 0.357 e. The van der Waals surface area contributed by atoms with Crippen molar-refractivity contribution in [3.05, 3.63) is 12.2 Å². The van der Waals surface area contributed by atoms with E-state index in [9.17, 15) is 0 Å². The minimum atomic E-state index is 0.601. The van der Waals surface area contributed by atoms with Crippen molar-refractivity contribution in [2.75, 3.05) is 33.2 Å². The van der Waals surface area contributed by atoms with Gasteiger partial charge < -0.3 is 10.2 Å². The number of likely N-dealkylation sites (tertiary alicyclic amines) is 1. The summed E-state index contributed by atoms with van der Waals surface area (Å²) in [4.78, 5) is 14.2. The molecule has 1 atom stereocenters. The monoisotopic (exact) mass is 375 g/mol. The molecule has 1 saturated heterocycles. The normalized spacial score (nSPS) is 22.3. The number of aromatic nitrogens is 3. The molecule has 152 valence electrons. The summed E-state index contributed by atoms with van der Waals surface area (Å²) < 4.78 is 1.82. The van der Waals surface area contributed by atoms with Crippen LogP contribution in [0.3, 0.4) is 0 Å². The molecule has 1 aromatic rings. The highest BCUT2D eigenvalue weighted by atomic mass is 15.4. The number of nitrogens with zero attached hydrogens (tertiary/aromatic N) is 6. The summed E-state index contributed by atoms with van der Waals surface area (Å²) in [6, 6.07) is 0.601. The lowest BCUT2D eigenvalue weighted by molar-refractivity contribution is 0.190. The van der Waals surface area contributed by atoms with Gasteiger partial charge >= 0.3 is 0 Å². The van der Waals surface area contributed by atoms with Crippen molar-refractivity contribution in [3.8, 4) is 0 Å². The van der Waals surface area contributed by atoms with Crippen LogP contribution in [0.4, 0.5) is 0 Å². The lowest BCUT2D eigenvalue weighted by atomic mass is 9.89. The van der Waals surface area contributed by atoms with Gasteiger partial charge in [-0.15, -0.1) is 0 Å². The van der Waals surface area contributed by atoms with Crippen LogP contribution in [0.1, 0.15) is 57.7 Å². The molecule has 2 fully saturated rings. The van der Waals surface area contributed by atoms with Gasteiger partial charge in [0, 0.05) is 33.2 Å². The van der Waals surface area contributed by atoms with E-state index in [0.717, 1.165) is 30.8 Å². The standard InChI is InChI=1S/C20H37N7/c1-4-21-20(25(2)15-19-23-16-24-26(19)3)22-13-18-11-8-12-27(18)14-17-9-6-5-7-10-17/h16-18H,4-15H2,1-3H3,(H,21,22). The minimum Gasteiger partial charge on any atom is -0.357 e. The Kier molecular flexibility index (Phi) is 7.50. The highest BCUT2D eigenvalue weighted by Gasteiger charge is 2.27. The van der Waals surface area contributed by atoms with Gasteiger partial charge in [0.25, 0.3) is 0 Å². The Hall–Kier alpha value is -1.63. The summed E-state index contributed by atoms with van der Waals surface area (Å²) in [6.07, 6.45) is 11.4. The van der Waals surface area contributed by atoms with Gasteiger partial charge in [0.15, 0.2) is 5.96 Å². The molecule has 0 bridgehead atoms. The second-order valence-electron chi connectivity index (χ2n) is 8.15. The first-order valence-electron chi connectivity index (χ1n) is 10.7. The molecular formula is C20H37N7. The third kappa shape index (κ3) is 5.67. The van der Waals surface area contributed by atoms with E-state index in [1.807, 2.05) is 11.7 Å². The van der Waals surface area contributed by atoms with Crippen LogP contribution in [0.5, 0.6) is 0 Å². The average molecular weight is 376 g/mol. The van der Waals surface area contributed by atoms with Crippen LogP contribution in [-0.4, -0.2) is 69.8 Å². The van der Waals surface area contributed by atoms with Crippen LogP contribution in [0, 0.1) is 5.92 Å². The average Bonchev–Trinajstić information content (AvgIpc) is 3.28. The Bertz CT molecular complexity index is 591. The Morgan fingerprint density at radius 1 is 1.26 bits per heavy atom. The summed E-state index contributed by atoms with van der Waals surface area (Å²) in [6.45, 7) is 7.12. The number of hydrogen-bond acceptors (Lipinski definition) is 4. The van der Waals surface area contributed by atoms with Crippen LogP contribution in [0.15, 0.2) is 11.3 Å². The first kappa shape index (κ1) is 20.1. The van der Waals surface area contributed by atoms with Crippen LogP contribution in [0.25, 0.3) is 0 Å². The van der Waals surface area contributed by atoms with E-state index in [-0.39, 0.29) is 0 Å². The van der Waals surface area contributed by atoms with Gasteiger partial charge in [0.2, 0.25) is 0 Å². The third-order valence-corrected chi connectivity index (χ3v) is 6.05. The Labute approximate surface area is 164 Å². The zero-order chi connectivity index (χ0) is 19.1. The smallest absolute Gasteiger partial charge is 0.194 e. The predicted octanol–water partition coefficient (Wildman–Crippen LogP) is 2.26. The van der Waals surface area contributed by atoms with E-state index in [1.165, 1.54) is 58.0 Å². The second kappa shape index (κ2) is 10.1. The Morgan fingerprint density at radius 3 is 2.78 bits per heavy atom. The lowest BCUT2D eigenvalue weighted by Crippen LogP contribution is -2.41. The molecule has 0 amide bonds. The SMILES string of the molecule is CCNC(=NCC1CCCN1CC1CCCCC1)N(C)Cc1ncnn1C. The van der Waals surface area contributed by atoms with Crippen molar-refractivity contribution >= 4 is 5.96 Å². The van der Waals surface area contributed by atoms with Gasteiger partial charge in [-0.25, -0.2) is 4.98 Å². The zero-order valence-corrected chi connectivity index (χ0v) is 17.4. The molecular weight excluding hydrogens is 338 g/mol. The molecule has 1 unspecified atom stereocenters. The molecule has 0 spiro atoms. The molecule has 1 N–H and O–H groups in total. The molecule has 1 aromatic heterocycles. The fourth-order valence-electron chi connectivity index (χ4n) is 4.46. The van der Waals surface area contributed by atoms with E-state index < -0.39 is 0 Å². The van der Waals surface area contributed by atoms with Crippen molar-refractivity contribution in [3.63, 3.8) is 0 Å². The number of nitrogens with one attached hydrogen (secondary N) is 1. The summed E-state index contributed by atoms with van der Waals surface area (Å²) in [5.74, 6) is 2.82. The van der Waals surface area contributed by atoms with Crippen molar-refractivity contribution in [1.82, 2.24) is 29.9 Å². The number of aryl methyl sites for hydroxylation is 1. The molecule has 0 aromatic carbocycles. The number of rotatable bonds is 7. The maximum atomic E-state index is 4.98. The maximum Gasteiger partial charge on any atom is 0.194 e. The quantitative estimate of drug-likeness (QED) is 0.585. The van der Waals surface area contributed by atoms with Crippen molar-refractivity contribution in [2.24, 2.45) is 18.0 Å². The molecule has 1 saturated carbocycles. The second-order valence-corrected chi connectivity index (χ2v) is 8.15. The van der Waals surface area contributed by atoms with Gasteiger partial charge in [0.1, 0.15) is 12.2 Å². The molecule has 1 aliphatic carbocycles. The van der Waals surface area contributed by atoms with E-state index in [2.05, 4.69) is 39.2 Å². The number of aliphatic imine (C=N–C) groups is 1. The molecule has 3 rings (SSSR count). The van der Waals surface area contributed by atoms with E-state index in [1.54, 1.807) is 6.33 Å². The predicted molar refractivity (Wildman–Crippen MR) is 110 cm³/mol. The van der Waals surface area contributed by atoms with E-state index in [4.69, 9.17) is 4.99 Å². The first-order chi connectivity index (χ1) is 13.2. The van der Waals surface area contributed by atoms with Crippen LogP contribution in [-0.2, 0) is 13.6 Å². The summed E-state index contributed by atoms with van der Waals surface area (Å²) >= 11 is 0. The van der Waals surface area contributed by atoms with Crippen molar-refractivity contribution < 1.29 is 0 Å². The summed E-state index contributed by atoms with van der Waals surface area (Å²) in [5.41, 5.74) is 0. The number of guanidine groups is 1. The summed E-state index contributed by atoms with van der Waals surface area (Å²) in [5, 5.41) is 7.60. The molecule has 27 heavy (non-hydrogen) atoms. The van der Waals surface area contributed by atoms with Gasteiger partial charge in [-0.3, -0.25) is 14.6 Å². The van der Waals surface area contributed by atoms with Gasteiger partial charge in [0.05, 0.1) is 13.1 Å². The molecule has 1 aliphatic heterocycles. The maximum absolute atomic E-state index is 4.98. The highest BCUT2D eigenvalue weighted by Crippen LogP contribution is 2.27. The molecule has 2 aliphatic rings. The third-order valence-electron chi connectivity index (χ3n) is 6.05. The van der Waals surface area contributed by atoms with Crippen LogP contribution < -0.4 is 5.32 Å². The molecule has 7 heteroatoms. The Balaban J connectivity index is 1.56. The molecule has 7 nitrogen and oxygen atoms in total. The fourth-order valence-corrected chi connectivity index (χ4v) is 4.46. The van der Waals surface area contributed by atoms with Gasteiger partial charge in [-0.05, 0) is 45.1 Å². The molecule has 0 radical (unpaired) electrons. The number of hydrogen-bond donors (Lipinski definition) is 1. The van der Waals surface area contributed by atoms with Crippen LogP contribution >= 0.6 is 0 Å². The minimum absolute atomic E-state index is 0.601. The highest BCUT2D eigenvalue weighted by molar-refractivity contribution is 5.79. The summed E-state index contributed by atoms with van der Waals surface area (Å²) in [7, 11) is 4.01. The van der Waals surface area contributed by atoms with Crippen molar-refractivity contribution in [2.45, 2.75) is 64.5 Å². The van der Waals surface area contributed by atoms with Crippen molar-refractivity contribution in [1.29, 1.82) is 0 Å². The molecule has 2 heterocycles. The topological polar surface area (TPSA) is 61.6 Å². The van der Waals surface area contributed by atoms with E-state index >= 15 is 0 Å².